The molecule has 1 saturated heterocycles. The van der Waals surface area contributed by atoms with Gasteiger partial charge < -0.3 is 19.9 Å². The van der Waals surface area contributed by atoms with Gasteiger partial charge in [0.1, 0.15) is 0 Å². The molecule has 2 heterocycles. The Labute approximate surface area is 113 Å². The number of aryl methyl sites for hydroxylation is 1. The average Bonchev–Trinajstić information content (AvgIpc) is 2.77. The van der Waals surface area contributed by atoms with E-state index in [0.717, 1.165) is 30.1 Å². The number of benzene rings is 1. The fourth-order valence-electron chi connectivity index (χ4n) is 2.59. The topological polar surface area (TPSA) is 56.3 Å². The number of fused-ring (bicyclic) bond motifs is 1. The van der Waals surface area contributed by atoms with Crippen LogP contribution in [0.15, 0.2) is 24.3 Å². The Bertz CT molecular complexity index is 578. The largest absolute Gasteiger partial charge is 0.373 e. The third-order valence-electron chi connectivity index (χ3n) is 3.73. The van der Waals surface area contributed by atoms with Crippen LogP contribution in [-0.2, 0) is 11.8 Å². The molecule has 0 bridgehead atoms. The lowest BCUT2D eigenvalue weighted by atomic mass is 10.1. The second kappa shape index (κ2) is 4.83. The summed E-state index contributed by atoms with van der Waals surface area (Å²) in [5.41, 5.74) is 8.13. The first-order valence-electron chi connectivity index (χ1n) is 6.70. The molecule has 2 aromatic rings. The van der Waals surface area contributed by atoms with Crippen LogP contribution < -0.4 is 10.6 Å². The van der Waals surface area contributed by atoms with Crippen LogP contribution in [0, 0.1) is 0 Å². The highest BCUT2D eigenvalue weighted by molar-refractivity contribution is 5.78. The van der Waals surface area contributed by atoms with Crippen LogP contribution in [0.4, 0.5) is 5.95 Å². The molecule has 102 valence electrons. The SMILES string of the molecule is CC(N)C1CN(c2nc3ccccc3n2C)CCO1. The highest BCUT2D eigenvalue weighted by atomic mass is 16.5. The van der Waals surface area contributed by atoms with Crippen molar-refractivity contribution in [1.29, 1.82) is 0 Å². The average molecular weight is 260 g/mol. The summed E-state index contributed by atoms with van der Waals surface area (Å²) in [6.45, 7) is 4.35. The van der Waals surface area contributed by atoms with Gasteiger partial charge >= 0.3 is 0 Å². The Morgan fingerprint density at radius 3 is 2.95 bits per heavy atom. The Balaban J connectivity index is 1.93. The standard InChI is InChI=1S/C14H20N4O/c1-10(15)13-9-18(7-8-19-13)14-16-11-5-3-4-6-12(11)17(14)2/h3-6,10,13H,7-9,15H2,1-2H3. The molecule has 1 aromatic heterocycles. The predicted molar refractivity (Wildman–Crippen MR) is 76.3 cm³/mol. The van der Waals surface area contributed by atoms with Gasteiger partial charge in [0.05, 0.1) is 23.7 Å². The van der Waals surface area contributed by atoms with Gasteiger partial charge in [-0.1, -0.05) is 12.1 Å². The minimum atomic E-state index is 0.0393. The van der Waals surface area contributed by atoms with Crippen molar-refractivity contribution in [1.82, 2.24) is 9.55 Å². The summed E-state index contributed by atoms with van der Waals surface area (Å²) in [6.07, 6.45) is 0.0774. The first kappa shape index (κ1) is 12.4. The maximum absolute atomic E-state index is 5.94. The molecule has 5 heteroatoms. The lowest BCUT2D eigenvalue weighted by molar-refractivity contribution is 0.0269. The molecule has 0 amide bonds. The molecule has 2 unspecified atom stereocenters. The van der Waals surface area contributed by atoms with Gasteiger partial charge in [0.2, 0.25) is 5.95 Å². The number of imidazole rings is 1. The van der Waals surface area contributed by atoms with E-state index >= 15 is 0 Å². The maximum Gasteiger partial charge on any atom is 0.206 e. The molecular weight excluding hydrogens is 240 g/mol. The fourth-order valence-corrected chi connectivity index (χ4v) is 2.59. The summed E-state index contributed by atoms with van der Waals surface area (Å²) in [7, 11) is 2.06. The van der Waals surface area contributed by atoms with Crippen molar-refractivity contribution in [2.75, 3.05) is 24.6 Å². The molecule has 0 spiro atoms. The first-order chi connectivity index (χ1) is 9.16. The zero-order valence-corrected chi connectivity index (χ0v) is 11.4. The number of nitrogens with zero attached hydrogens (tertiary/aromatic N) is 3. The van der Waals surface area contributed by atoms with Crippen molar-refractivity contribution in [2.24, 2.45) is 12.8 Å². The molecule has 5 nitrogen and oxygen atoms in total. The second-order valence-corrected chi connectivity index (χ2v) is 5.17. The third-order valence-corrected chi connectivity index (χ3v) is 3.73. The van der Waals surface area contributed by atoms with Crippen LogP contribution in [0.2, 0.25) is 0 Å². The van der Waals surface area contributed by atoms with Crippen LogP contribution in [0.5, 0.6) is 0 Å². The summed E-state index contributed by atoms with van der Waals surface area (Å²) < 4.78 is 7.84. The molecule has 1 aromatic carbocycles. The zero-order valence-electron chi connectivity index (χ0n) is 11.4. The van der Waals surface area contributed by atoms with Crippen LogP contribution in [0.1, 0.15) is 6.92 Å². The monoisotopic (exact) mass is 260 g/mol. The summed E-state index contributed by atoms with van der Waals surface area (Å²) in [6, 6.07) is 8.23. The summed E-state index contributed by atoms with van der Waals surface area (Å²) in [5, 5.41) is 0. The number of morpholine rings is 1. The minimum absolute atomic E-state index is 0.0393. The Hall–Kier alpha value is -1.59. The van der Waals surface area contributed by atoms with E-state index in [4.69, 9.17) is 15.5 Å². The molecule has 1 aliphatic heterocycles. The van der Waals surface area contributed by atoms with Gasteiger partial charge in [0, 0.05) is 26.2 Å². The number of nitrogens with two attached hydrogens (primary N) is 1. The lowest BCUT2D eigenvalue weighted by Crippen LogP contribution is -2.50. The van der Waals surface area contributed by atoms with Gasteiger partial charge in [-0.15, -0.1) is 0 Å². The van der Waals surface area contributed by atoms with Crippen LogP contribution in [0.3, 0.4) is 0 Å². The molecular formula is C14H20N4O. The van der Waals surface area contributed by atoms with Gasteiger partial charge in [-0.3, -0.25) is 0 Å². The van der Waals surface area contributed by atoms with E-state index in [0.29, 0.717) is 6.61 Å². The molecule has 0 aliphatic carbocycles. The summed E-state index contributed by atoms with van der Waals surface area (Å²) in [4.78, 5) is 6.98. The molecule has 0 saturated carbocycles. The van der Waals surface area contributed by atoms with Gasteiger partial charge in [-0.05, 0) is 19.1 Å². The molecule has 1 fully saturated rings. The van der Waals surface area contributed by atoms with Crippen molar-refractivity contribution < 1.29 is 4.74 Å². The molecule has 19 heavy (non-hydrogen) atoms. The number of rotatable bonds is 2. The van der Waals surface area contributed by atoms with Crippen molar-refractivity contribution >= 4 is 17.0 Å². The highest BCUT2D eigenvalue weighted by Gasteiger charge is 2.26. The number of hydrogen-bond donors (Lipinski definition) is 1. The summed E-state index contributed by atoms with van der Waals surface area (Å²) in [5.74, 6) is 0.996. The molecule has 0 radical (unpaired) electrons. The van der Waals surface area contributed by atoms with Crippen molar-refractivity contribution in [2.45, 2.75) is 19.1 Å². The van der Waals surface area contributed by atoms with E-state index in [1.807, 2.05) is 25.1 Å². The highest BCUT2D eigenvalue weighted by Crippen LogP contribution is 2.23. The van der Waals surface area contributed by atoms with E-state index in [2.05, 4.69) is 22.6 Å². The molecule has 3 rings (SSSR count). The number of anilines is 1. The lowest BCUT2D eigenvalue weighted by Gasteiger charge is -2.35. The summed E-state index contributed by atoms with van der Waals surface area (Å²) >= 11 is 0. The van der Waals surface area contributed by atoms with E-state index in [-0.39, 0.29) is 12.1 Å². The van der Waals surface area contributed by atoms with E-state index < -0.39 is 0 Å². The Morgan fingerprint density at radius 2 is 2.21 bits per heavy atom. The molecule has 1 aliphatic rings. The quantitative estimate of drug-likeness (QED) is 0.879. The number of ether oxygens (including phenoxy) is 1. The third kappa shape index (κ3) is 2.19. The smallest absolute Gasteiger partial charge is 0.206 e. The Morgan fingerprint density at radius 1 is 1.42 bits per heavy atom. The van der Waals surface area contributed by atoms with E-state index in [9.17, 15) is 0 Å². The van der Waals surface area contributed by atoms with Gasteiger partial charge in [0.25, 0.3) is 0 Å². The normalized spacial score (nSPS) is 21.8. The maximum atomic E-state index is 5.94. The van der Waals surface area contributed by atoms with Gasteiger partial charge in [-0.2, -0.15) is 0 Å². The minimum Gasteiger partial charge on any atom is -0.373 e. The van der Waals surface area contributed by atoms with Crippen molar-refractivity contribution in [3.63, 3.8) is 0 Å². The van der Waals surface area contributed by atoms with Crippen LogP contribution in [0.25, 0.3) is 11.0 Å². The zero-order chi connectivity index (χ0) is 13.4. The van der Waals surface area contributed by atoms with Crippen LogP contribution in [-0.4, -0.2) is 41.4 Å². The van der Waals surface area contributed by atoms with Crippen molar-refractivity contribution in [3.8, 4) is 0 Å². The fraction of sp³-hybridized carbons (Fsp3) is 0.500. The molecule has 2 N–H and O–H groups in total. The Kier molecular flexibility index (Phi) is 3.16. The molecule has 2 atom stereocenters. The van der Waals surface area contributed by atoms with E-state index in [1.54, 1.807) is 0 Å². The van der Waals surface area contributed by atoms with Crippen LogP contribution >= 0.6 is 0 Å². The second-order valence-electron chi connectivity index (χ2n) is 5.17. The number of hydrogen-bond acceptors (Lipinski definition) is 4. The van der Waals surface area contributed by atoms with Crippen molar-refractivity contribution in [3.05, 3.63) is 24.3 Å². The number of aromatic nitrogens is 2. The van der Waals surface area contributed by atoms with Gasteiger partial charge in [-0.25, -0.2) is 4.98 Å². The van der Waals surface area contributed by atoms with Gasteiger partial charge in [0.15, 0.2) is 0 Å². The number of para-hydroxylation sites is 2. The first-order valence-corrected chi connectivity index (χ1v) is 6.70. The van der Waals surface area contributed by atoms with E-state index in [1.165, 1.54) is 0 Å². The predicted octanol–water partition coefficient (Wildman–Crippen LogP) is 1.13.